The second-order valence-corrected chi connectivity index (χ2v) is 6.30. The highest BCUT2D eigenvalue weighted by Gasteiger charge is 2.17. The maximum Gasteiger partial charge on any atom is 0.240 e. The van der Waals surface area contributed by atoms with Gasteiger partial charge in [-0.05, 0) is 31.0 Å². The first kappa shape index (κ1) is 15.1. The summed E-state index contributed by atoms with van der Waals surface area (Å²) >= 11 is 3.41. The van der Waals surface area contributed by atoms with E-state index in [1.807, 2.05) is 22.8 Å². The van der Waals surface area contributed by atoms with E-state index in [-0.39, 0.29) is 18.6 Å². The third-order valence-corrected chi connectivity index (χ3v) is 4.32. The van der Waals surface area contributed by atoms with Crippen LogP contribution in [0.1, 0.15) is 18.4 Å². The fraction of sp³-hybridized carbons (Fsp3) is 0.375. The normalized spacial score (nSPS) is 17.5. The zero-order valence-corrected chi connectivity index (χ0v) is 13.6. The molecule has 6 heteroatoms. The van der Waals surface area contributed by atoms with Gasteiger partial charge in [-0.1, -0.05) is 15.9 Å². The number of rotatable bonds is 4. The van der Waals surface area contributed by atoms with Crippen LogP contribution in [0.2, 0.25) is 0 Å². The van der Waals surface area contributed by atoms with Crippen LogP contribution in [0.3, 0.4) is 0 Å². The number of carbonyl (C=O) groups is 1. The summed E-state index contributed by atoms with van der Waals surface area (Å²) in [5.74, 6) is -0.0696. The van der Waals surface area contributed by atoms with Crippen LogP contribution in [0.4, 0.5) is 0 Å². The number of hydrogen-bond donors (Lipinski definition) is 1. The first-order chi connectivity index (χ1) is 10.7. The molecule has 0 bridgehead atoms. The summed E-state index contributed by atoms with van der Waals surface area (Å²) in [6.07, 6.45) is 3.92. The molecule has 1 amide bonds. The minimum absolute atomic E-state index is 0.0696. The zero-order valence-electron chi connectivity index (χ0n) is 12.0. The fourth-order valence-corrected chi connectivity index (χ4v) is 3.09. The third kappa shape index (κ3) is 3.16. The van der Waals surface area contributed by atoms with Gasteiger partial charge in [0.15, 0.2) is 0 Å². The lowest BCUT2D eigenvalue weighted by Crippen LogP contribution is -2.34. The Kier molecular flexibility index (Phi) is 4.46. The molecule has 0 saturated carbocycles. The summed E-state index contributed by atoms with van der Waals surface area (Å²) in [4.78, 5) is 12.1. The van der Waals surface area contributed by atoms with Gasteiger partial charge in [-0.3, -0.25) is 4.79 Å². The molecule has 0 aliphatic carbocycles. The quantitative estimate of drug-likeness (QED) is 0.909. The van der Waals surface area contributed by atoms with Crippen molar-refractivity contribution in [3.8, 4) is 6.07 Å². The highest BCUT2D eigenvalue weighted by atomic mass is 79.9. The van der Waals surface area contributed by atoms with Gasteiger partial charge in [0, 0.05) is 34.7 Å². The van der Waals surface area contributed by atoms with Crippen molar-refractivity contribution in [3.63, 3.8) is 0 Å². The Labute approximate surface area is 137 Å². The molecule has 1 fully saturated rings. The molecular formula is C16H16BrN3O2. The second-order valence-electron chi connectivity index (χ2n) is 5.38. The SMILES string of the molecule is N#Cc1cn(CC(=O)NCC2CCCO2)c2ccc(Br)cc12. The number of hydrogen-bond acceptors (Lipinski definition) is 3. The topological polar surface area (TPSA) is 67.0 Å². The number of fused-ring (bicyclic) bond motifs is 1. The van der Waals surface area contributed by atoms with Crippen LogP contribution in [-0.2, 0) is 16.1 Å². The second kappa shape index (κ2) is 6.51. The standard InChI is InChI=1S/C16H16BrN3O2/c17-12-3-4-15-14(6-12)11(7-18)9-20(15)10-16(21)19-8-13-2-1-5-22-13/h3-4,6,9,13H,1-2,5,8,10H2,(H,19,21). The summed E-state index contributed by atoms with van der Waals surface area (Å²) < 4.78 is 8.21. The molecule has 0 spiro atoms. The van der Waals surface area contributed by atoms with Gasteiger partial charge < -0.3 is 14.6 Å². The van der Waals surface area contributed by atoms with E-state index in [1.54, 1.807) is 6.20 Å². The molecule has 1 aromatic heterocycles. The lowest BCUT2D eigenvalue weighted by atomic mass is 10.2. The van der Waals surface area contributed by atoms with Crippen molar-refractivity contribution >= 4 is 32.7 Å². The van der Waals surface area contributed by atoms with Crippen LogP contribution >= 0.6 is 15.9 Å². The van der Waals surface area contributed by atoms with Crippen molar-refractivity contribution < 1.29 is 9.53 Å². The minimum atomic E-state index is -0.0696. The average Bonchev–Trinajstić information content (AvgIpc) is 3.13. The van der Waals surface area contributed by atoms with Crippen LogP contribution in [-0.4, -0.2) is 29.7 Å². The van der Waals surface area contributed by atoms with Crippen molar-refractivity contribution in [2.45, 2.75) is 25.5 Å². The largest absolute Gasteiger partial charge is 0.376 e. The molecule has 2 heterocycles. The number of nitrogens with one attached hydrogen (secondary N) is 1. The van der Waals surface area contributed by atoms with Gasteiger partial charge in [0.25, 0.3) is 0 Å². The number of amides is 1. The number of nitrogens with zero attached hydrogens (tertiary/aromatic N) is 2. The smallest absolute Gasteiger partial charge is 0.240 e. The highest BCUT2D eigenvalue weighted by Crippen LogP contribution is 2.24. The average molecular weight is 362 g/mol. The van der Waals surface area contributed by atoms with Crippen molar-refractivity contribution in [1.29, 1.82) is 5.26 Å². The molecule has 1 saturated heterocycles. The number of ether oxygens (including phenoxy) is 1. The van der Waals surface area contributed by atoms with Crippen LogP contribution in [0.15, 0.2) is 28.9 Å². The molecule has 22 heavy (non-hydrogen) atoms. The van der Waals surface area contributed by atoms with E-state index >= 15 is 0 Å². The van der Waals surface area contributed by atoms with Crippen LogP contribution in [0.5, 0.6) is 0 Å². The van der Waals surface area contributed by atoms with Crippen molar-refractivity contribution in [2.24, 2.45) is 0 Å². The molecule has 1 aliphatic rings. The Morgan fingerprint density at radius 2 is 2.41 bits per heavy atom. The zero-order chi connectivity index (χ0) is 15.5. The number of nitriles is 1. The Hall–Kier alpha value is -1.84. The van der Waals surface area contributed by atoms with E-state index in [0.29, 0.717) is 12.1 Å². The number of carbonyl (C=O) groups excluding carboxylic acids is 1. The molecule has 1 aliphatic heterocycles. The van der Waals surface area contributed by atoms with Crippen LogP contribution in [0.25, 0.3) is 10.9 Å². The summed E-state index contributed by atoms with van der Waals surface area (Å²) in [5, 5.41) is 13.0. The summed E-state index contributed by atoms with van der Waals surface area (Å²) in [5.41, 5.74) is 1.45. The van der Waals surface area contributed by atoms with Crippen LogP contribution < -0.4 is 5.32 Å². The highest BCUT2D eigenvalue weighted by molar-refractivity contribution is 9.10. The fourth-order valence-electron chi connectivity index (χ4n) is 2.73. The van der Waals surface area contributed by atoms with E-state index in [2.05, 4.69) is 27.3 Å². The molecule has 114 valence electrons. The van der Waals surface area contributed by atoms with Crippen molar-refractivity contribution in [3.05, 3.63) is 34.4 Å². The maximum absolute atomic E-state index is 12.1. The molecule has 5 nitrogen and oxygen atoms in total. The van der Waals surface area contributed by atoms with Gasteiger partial charge in [-0.2, -0.15) is 5.26 Å². The molecule has 2 aromatic rings. The van der Waals surface area contributed by atoms with E-state index in [1.165, 1.54) is 0 Å². The predicted molar refractivity (Wildman–Crippen MR) is 86.3 cm³/mol. The molecular weight excluding hydrogens is 346 g/mol. The lowest BCUT2D eigenvalue weighted by molar-refractivity contribution is -0.122. The summed E-state index contributed by atoms with van der Waals surface area (Å²) in [7, 11) is 0. The minimum Gasteiger partial charge on any atom is -0.376 e. The van der Waals surface area contributed by atoms with Crippen LogP contribution in [0, 0.1) is 11.3 Å². The molecule has 1 N–H and O–H groups in total. The maximum atomic E-state index is 12.1. The summed E-state index contributed by atoms with van der Waals surface area (Å²) in [6, 6.07) is 7.89. The Balaban J connectivity index is 1.73. The Morgan fingerprint density at radius 3 is 3.14 bits per heavy atom. The molecule has 3 rings (SSSR count). The van der Waals surface area contributed by atoms with E-state index in [9.17, 15) is 10.1 Å². The third-order valence-electron chi connectivity index (χ3n) is 3.83. The van der Waals surface area contributed by atoms with Gasteiger partial charge in [0.1, 0.15) is 12.6 Å². The summed E-state index contributed by atoms with van der Waals surface area (Å²) in [6.45, 7) is 1.53. The van der Waals surface area contributed by atoms with E-state index < -0.39 is 0 Å². The Morgan fingerprint density at radius 1 is 1.55 bits per heavy atom. The molecule has 1 aromatic carbocycles. The first-order valence-electron chi connectivity index (χ1n) is 7.24. The molecule has 1 atom stereocenters. The Bertz CT molecular complexity index is 742. The monoisotopic (exact) mass is 361 g/mol. The van der Waals surface area contributed by atoms with Crippen molar-refractivity contribution in [1.82, 2.24) is 9.88 Å². The first-order valence-corrected chi connectivity index (χ1v) is 8.03. The van der Waals surface area contributed by atoms with E-state index in [4.69, 9.17) is 4.74 Å². The predicted octanol–water partition coefficient (Wildman–Crippen LogP) is 2.57. The van der Waals surface area contributed by atoms with Gasteiger partial charge in [0.05, 0.1) is 11.7 Å². The molecule has 0 radical (unpaired) electrons. The number of benzene rings is 1. The lowest BCUT2D eigenvalue weighted by Gasteiger charge is -2.11. The van der Waals surface area contributed by atoms with E-state index in [0.717, 1.165) is 34.8 Å². The van der Waals surface area contributed by atoms with Gasteiger partial charge in [0.2, 0.25) is 5.91 Å². The van der Waals surface area contributed by atoms with Crippen molar-refractivity contribution in [2.75, 3.05) is 13.2 Å². The molecule has 1 unspecified atom stereocenters. The number of halogens is 1. The van der Waals surface area contributed by atoms with Gasteiger partial charge in [-0.25, -0.2) is 0 Å². The van der Waals surface area contributed by atoms with Gasteiger partial charge in [-0.15, -0.1) is 0 Å². The number of aromatic nitrogens is 1. The van der Waals surface area contributed by atoms with Gasteiger partial charge >= 0.3 is 0 Å².